The SMILES string of the molecule is C[CH]c1cc([N+](=O)[O-])cc2[nH]c(C)nc12. The van der Waals surface area contributed by atoms with Gasteiger partial charge in [-0.1, -0.05) is 6.92 Å². The van der Waals surface area contributed by atoms with Gasteiger partial charge in [0.15, 0.2) is 0 Å². The Morgan fingerprint density at radius 2 is 2.27 bits per heavy atom. The molecule has 0 saturated carbocycles. The molecule has 15 heavy (non-hydrogen) atoms. The van der Waals surface area contributed by atoms with Crippen LogP contribution in [0.5, 0.6) is 0 Å². The average Bonchev–Trinajstić information content (AvgIpc) is 2.56. The molecule has 5 nitrogen and oxygen atoms in total. The van der Waals surface area contributed by atoms with Crippen LogP contribution >= 0.6 is 0 Å². The number of imidazole rings is 1. The first-order valence-electron chi connectivity index (χ1n) is 4.56. The maximum Gasteiger partial charge on any atom is 0.271 e. The second kappa shape index (κ2) is 3.34. The number of rotatable bonds is 2. The van der Waals surface area contributed by atoms with Gasteiger partial charge in [-0.3, -0.25) is 10.1 Å². The van der Waals surface area contributed by atoms with E-state index in [-0.39, 0.29) is 5.69 Å². The lowest BCUT2D eigenvalue weighted by molar-refractivity contribution is -0.384. The zero-order valence-corrected chi connectivity index (χ0v) is 8.44. The molecule has 0 spiro atoms. The number of nitrogens with zero attached hydrogens (tertiary/aromatic N) is 2. The van der Waals surface area contributed by atoms with E-state index in [1.54, 1.807) is 0 Å². The van der Waals surface area contributed by atoms with Crippen molar-refractivity contribution in [2.45, 2.75) is 13.8 Å². The molecule has 0 unspecified atom stereocenters. The van der Waals surface area contributed by atoms with Gasteiger partial charge in [0.25, 0.3) is 5.69 Å². The van der Waals surface area contributed by atoms with E-state index < -0.39 is 4.92 Å². The highest BCUT2D eigenvalue weighted by Gasteiger charge is 2.13. The van der Waals surface area contributed by atoms with E-state index in [4.69, 9.17) is 0 Å². The van der Waals surface area contributed by atoms with Crippen LogP contribution in [0.4, 0.5) is 5.69 Å². The van der Waals surface area contributed by atoms with Gasteiger partial charge in [0, 0.05) is 12.1 Å². The Labute approximate surface area is 86.3 Å². The van der Waals surface area contributed by atoms with Crippen molar-refractivity contribution in [2.75, 3.05) is 0 Å². The number of nitrogens with one attached hydrogen (secondary N) is 1. The Morgan fingerprint density at radius 1 is 1.53 bits per heavy atom. The third-order valence-corrected chi connectivity index (χ3v) is 2.24. The first kappa shape index (κ1) is 9.64. The van der Waals surface area contributed by atoms with Crippen molar-refractivity contribution in [3.8, 4) is 0 Å². The molecule has 0 aliphatic heterocycles. The number of aromatic amines is 1. The predicted octanol–water partition coefficient (Wildman–Crippen LogP) is 2.35. The van der Waals surface area contributed by atoms with Crippen molar-refractivity contribution in [2.24, 2.45) is 0 Å². The number of hydrogen-bond acceptors (Lipinski definition) is 3. The van der Waals surface area contributed by atoms with Crippen LogP contribution in [-0.4, -0.2) is 14.9 Å². The highest BCUT2D eigenvalue weighted by molar-refractivity contribution is 5.82. The van der Waals surface area contributed by atoms with Gasteiger partial charge in [-0.05, 0) is 18.9 Å². The summed E-state index contributed by atoms with van der Waals surface area (Å²) in [6.45, 7) is 3.66. The summed E-state index contributed by atoms with van der Waals surface area (Å²) >= 11 is 0. The first-order valence-corrected chi connectivity index (χ1v) is 4.56. The maximum absolute atomic E-state index is 10.7. The number of aromatic nitrogens is 2. The third-order valence-electron chi connectivity index (χ3n) is 2.24. The topological polar surface area (TPSA) is 71.8 Å². The monoisotopic (exact) mass is 204 g/mol. The summed E-state index contributed by atoms with van der Waals surface area (Å²) in [6, 6.07) is 3.03. The minimum absolute atomic E-state index is 0.0826. The molecule has 0 aliphatic rings. The normalized spacial score (nSPS) is 10.8. The highest BCUT2D eigenvalue weighted by Crippen LogP contribution is 2.24. The van der Waals surface area contributed by atoms with Crippen molar-refractivity contribution in [1.82, 2.24) is 9.97 Å². The van der Waals surface area contributed by atoms with Gasteiger partial charge in [0.05, 0.1) is 16.0 Å². The Hall–Kier alpha value is -1.91. The second-order valence-electron chi connectivity index (χ2n) is 3.30. The molecule has 1 aromatic carbocycles. The molecule has 2 rings (SSSR count). The van der Waals surface area contributed by atoms with Crippen molar-refractivity contribution in [1.29, 1.82) is 0 Å². The van der Waals surface area contributed by atoms with Gasteiger partial charge < -0.3 is 4.98 Å². The van der Waals surface area contributed by atoms with Crippen LogP contribution in [0.2, 0.25) is 0 Å². The fraction of sp³-hybridized carbons (Fsp3) is 0.200. The summed E-state index contributed by atoms with van der Waals surface area (Å²) in [6.07, 6.45) is 1.82. The number of H-pyrrole nitrogens is 1. The molecule has 0 saturated heterocycles. The number of benzene rings is 1. The number of hydrogen-bond donors (Lipinski definition) is 1. The van der Waals surface area contributed by atoms with Gasteiger partial charge in [0.2, 0.25) is 0 Å². The third kappa shape index (κ3) is 1.56. The largest absolute Gasteiger partial charge is 0.342 e. The molecule has 2 aromatic rings. The standard InChI is InChI=1S/C10H10N3O2/c1-3-7-4-8(13(14)15)5-9-10(7)12-6(2)11-9/h3-5H,1-2H3,(H,11,12). The Bertz CT molecular complexity index is 531. The number of non-ortho nitro benzene ring substituents is 1. The molecule has 77 valence electrons. The number of nitro benzene ring substituents is 1. The van der Waals surface area contributed by atoms with E-state index in [1.165, 1.54) is 12.1 Å². The molecule has 5 heteroatoms. The summed E-state index contributed by atoms with van der Waals surface area (Å²) in [7, 11) is 0. The van der Waals surface area contributed by atoms with Crippen LogP contribution in [0.25, 0.3) is 11.0 Å². The Balaban J connectivity index is 2.76. The lowest BCUT2D eigenvalue weighted by atomic mass is 10.1. The summed E-state index contributed by atoms with van der Waals surface area (Å²) in [4.78, 5) is 17.5. The lowest BCUT2D eigenvalue weighted by Crippen LogP contribution is -1.90. The fourth-order valence-corrected chi connectivity index (χ4v) is 1.58. The summed E-state index contributed by atoms with van der Waals surface area (Å²) in [5, 5.41) is 10.7. The average molecular weight is 204 g/mol. The van der Waals surface area contributed by atoms with Crippen molar-refractivity contribution < 1.29 is 4.92 Å². The van der Waals surface area contributed by atoms with E-state index >= 15 is 0 Å². The molecular formula is C10H10N3O2. The van der Waals surface area contributed by atoms with Gasteiger partial charge in [-0.2, -0.15) is 0 Å². The molecule has 0 amide bonds. The van der Waals surface area contributed by atoms with Crippen molar-refractivity contribution in [3.05, 3.63) is 40.1 Å². The molecule has 1 radical (unpaired) electrons. The quantitative estimate of drug-likeness (QED) is 0.602. The van der Waals surface area contributed by atoms with Crippen LogP contribution in [0, 0.1) is 23.5 Å². The van der Waals surface area contributed by atoms with Gasteiger partial charge in [-0.25, -0.2) is 4.98 Å². The van der Waals surface area contributed by atoms with Crippen LogP contribution < -0.4 is 0 Å². The predicted molar refractivity (Wildman–Crippen MR) is 56.6 cm³/mol. The zero-order chi connectivity index (χ0) is 11.0. The van der Waals surface area contributed by atoms with Gasteiger partial charge >= 0.3 is 0 Å². The van der Waals surface area contributed by atoms with Crippen molar-refractivity contribution >= 4 is 16.7 Å². The van der Waals surface area contributed by atoms with E-state index in [0.29, 0.717) is 5.52 Å². The summed E-state index contributed by atoms with van der Waals surface area (Å²) in [5.41, 5.74) is 2.35. The summed E-state index contributed by atoms with van der Waals surface area (Å²) in [5.74, 6) is 0.758. The molecule has 0 aliphatic carbocycles. The van der Waals surface area contributed by atoms with E-state index in [0.717, 1.165) is 16.9 Å². The molecule has 1 aromatic heterocycles. The Kier molecular flexibility index (Phi) is 2.15. The van der Waals surface area contributed by atoms with Crippen LogP contribution in [-0.2, 0) is 0 Å². The first-order chi connectivity index (χ1) is 7.11. The zero-order valence-electron chi connectivity index (χ0n) is 8.44. The summed E-state index contributed by atoms with van der Waals surface area (Å²) < 4.78 is 0. The van der Waals surface area contributed by atoms with Crippen molar-refractivity contribution in [3.63, 3.8) is 0 Å². The van der Waals surface area contributed by atoms with E-state index in [2.05, 4.69) is 9.97 Å². The van der Waals surface area contributed by atoms with Gasteiger partial charge in [-0.15, -0.1) is 0 Å². The number of aryl methyl sites for hydroxylation is 1. The van der Waals surface area contributed by atoms with E-state index in [1.807, 2.05) is 20.3 Å². The molecule has 1 heterocycles. The van der Waals surface area contributed by atoms with Crippen LogP contribution in [0.3, 0.4) is 0 Å². The van der Waals surface area contributed by atoms with Crippen LogP contribution in [0.1, 0.15) is 18.3 Å². The lowest BCUT2D eigenvalue weighted by Gasteiger charge is -1.98. The highest BCUT2D eigenvalue weighted by atomic mass is 16.6. The molecule has 0 atom stereocenters. The fourth-order valence-electron chi connectivity index (χ4n) is 1.58. The molecule has 0 fully saturated rings. The Morgan fingerprint density at radius 3 is 2.87 bits per heavy atom. The molecule has 1 N–H and O–H groups in total. The smallest absolute Gasteiger partial charge is 0.271 e. The van der Waals surface area contributed by atoms with Gasteiger partial charge in [0.1, 0.15) is 5.82 Å². The number of fused-ring (bicyclic) bond motifs is 1. The molecule has 0 bridgehead atoms. The van der Waals surface area contributed by atoms with E-state index in [9.17, 15) is 10.1 Å². The molecular weight excluding hydrogens is 194 g/mol. The maximum atomic E-state index is 10.7. The second-order valence-corrected chi connectivity index (χ2v) is 3.30. The minimum atomic E-state index is -0.400. The minimum Gasteiger partial charge on any atom is -0.342 e. The van der Waals surface area contributed by atoms with Crippen LogP contribution in [0.15, 0.2) is 12.1 Å². The number of nitro groups is 1.